The van der Waals surface area contributed by atoms with E-state index in [-0.39, 0.29) is 17.7 Å². The molecule has 1 aliphatic heterocycles. The normalized spacial score (nSPS) is 32.0. The molecule has 2 aliphatic rings. The summed E-state index contributed by atoms with van der Waals surface area (Å²) in [6.45, 7) is 0. The Bertz CT molecular complexity index is 660. The van der Waals surface area contributed by atoms with E-state index in [1.54, 1.807) is 0 Å². The highest BCUT2D eigenvalue weighted by Gasteiger charge is 2.46. The van der Waals surface area contributed by atoms with E-state index in [1.807, 2.05) is 30.3 Å². The largest absolute Gasteiger partial charge is 0.385 e. The highest BCUT2D eigenvalue weighted by Crippen LogP contribution is 2.45. The van der Waals surface area contributed by atoms with Gasteiger partial charge in [0.25, 0.3) is 0 Å². The van der Waals surface area contributed by atoms with Crippen LogP contribution in [0.3, 0.4) is 0 Å². The van der Waals surface area contributed by atoms with Gasteiger partial charge in [-0.2, -0.15) is 5.10 Å². The fraction of sp³-hybridized carbons (Fsp3) is 0.467. The Morgan fingerprint density at radius 1 is 1.19 bits per heavy atom. The van der Waals surface area contributed by atoms with Crippen molar-refractivity contribution in [2.75, 3.05) is 0 Å². The lowest BCUT2D eigenvalue weighted by Gasteiger charge is -2.12. The maximum atomic E-state index is 14.1. The molecule has 1 N–H and O–H groups in total. The lowest BCUT2D eigenvalue weighted by Crippen LogP contribution is -2.10. The number of aromatic nitrogens is 3. The molecule has 0 radical (unpaired) electrons. The van der Waals surface area contributed by atoms with Gasteiger partial charge in [0.1, 0.15) is 12.3 Å². The molecule has 4 nitrogen and oxygen atoms in total. The lowest BCUT2D eigenvalue weighted by atomic mass is 10.0. The topological polar surface area (TPSA) is 50.9 Å². The second-order valence-corrected chi connectivity index (χ2v) is 5.76. The summed E-state index contributed by atoms with van der Waals surface area (Å²) in [6.07, 6.45) is -2.62. The lowest BCUT2D eigenvalue weighted by molar-refractivity contribution is 0.131. The Morgan fingerprint density at radius 2 is 1.90 bits per heavy atom. The number of hydrogen-bond donors (Lipinski definition) is 1. The molecule has 4 rings (SSSR count). The van der Waals surface area contributed by atoms with E-state index in [9.17, 15) is 13.9 Å². The minimum atomic E-state index is -1.20. The van der Waals surface area contributed by atoms with Gasteiger partial charge < -0.3 is 5.11 Å². The Morgan fingerprint density at radius 3 is 2.57 bits per heavy atom. The predicted octanol–water partition coefficient (Wildman–Crippen LogP) is 2.67. The van der Waals surface area contributed by atoms with Crippen LogP contribution in [-0.4, -0.2) is 26.0 Å². The van der Waals surface area contributed by atoms with E-state index in [4.69, 9.17) is 0 Å². The van der Waals surface area contributed by atoms with Gasteiger partial charge in [-0.15, -0.1) is 0 Å². The smallest absolute Gasteiger partial charge is 0.179 e. The SMILES string of the molecule is OC(c1nc2n(n1)[C@H](c1ccccc1)C[C@@H]2F)C1C[C@H]1F. The molecular formula is C15H15F2N3O. The molecule has 1 saturated carbocycles. The van der Waals surface area contributed by atoms with E-state index >= 15 is 0 Å². The van der Waals surface area contributed by atoms with Crippen LogP contribution < -0.4 is 0 Å². The van der Waals surface area contributed by atoms with Gasteiger partial charge in [0.2, 0.25) is 0 Å². The molecular weight excluding hydrogens is 276 g/mol. The van der Waals surface area contributed by atoms with Gasteiger partial charge in [-0.1, -0.05) is 30.3 Å². The van der Waals surface area contributed by atoms with Crippen molar-refractivity contribution >= 4 is 0 Å². The summed E-state index contributed by atoms with van der Waals surface area (Å²) in [5.74, 6) is -0.0752. The van der Waals surface area contributed by atoms with Crippen LogP contribution in [0.25, 0.3) is 0 Å². The monoisotopic (exact) mass is 291 g/mol. The highest BCUT2D eigenvalue weighted by molar-refractivity contribution is 5.24. The average molecular weight is 291 g/mol. The maximum Gasteiger partial charge on any atom is 0.179 e. The zero-order valence-electron chi connectivity index (χ0n) is 11.2. The van der Waals surface area contributed by atoms with E-state index in [1.165, 1.54) is 4.68 Å². The summed E-state index contributed by atoms with van der Waals surface area (Å²) >= 11 is 0. The molecule has 0 bridgehead atoms. The van der Waals surface area contributed by atoms with Crippen LogP contribution in [-0.2, 0) is 0 Å². The molecule has 0 amide bonds. The number of alkyl halides is 2. The van der Waals surface area contributed by atoms with Crippen molar-refractivity contribution in [2.45, 2.75) is 37.3 Å². The fourth-order valence-corrected chi connectivity index (χ4v) is 2.97. The van der Waals surface area contributed by atoms with Crippen molar-refractivity contribution in [3.05, 3.63) is 47.5 Å². The van der Waals surface area contributed by atoms with Crippen LogP contribution in [0.1, 0.15) is 48.4 Å². The number of aliphatic hydroxyl groups excluding tert-OH is 1. The summed E-state index contributed by atoms with van der Waals surface area (Å²) in [7, 11) is 0. The molecule has 0 spiro atoms. The van der Waals surface area contributed by atoms with Crippen molar-refractivity contribution in [1.29, 1.82) is 0 Å². The quantitative estimate of drug-likeness (QED) is 0.946. The Balaban J connectivity index is 1.68. The molecule has 21 heavy (non-hydrogen) atoms. The first-order valence-electron chi connectivity index (χ1n) is 7.12. The van der Waals surface area contributed by atoms with Crippen LogP contribution in [0.5, 0.6) is 0 Å². The zero-order chi connectivity index (χ0) is 14.6. The molecule has 1 aromatic heterocycles. The third kappa shape index (κ3) is 2.05. The van der Waals surface area contributed by atoms with Crippen molar-refractivity contribution < 1.29 is 13.9 Å². The van der Waals surface area contributed by atoms with Gasteiger partial charge >= 0.3 is 0 Å². The molecule has 1 aliphatic carbocycles. The van der Waals surface area contributed by atoms with Gasteiger partial charge in [-0.3, -0.25) is 0 Å². The van der Waals surface area contributed by atoms with Crippen LogP contribution in [0.15, 0.2) is 30.3 Å². The zero-order valence-corrected chi connectivity index (χ0v) is 11.2. The van der Waals surface area contributed by atoms with E-state index in [2.05, 4.69) is 10.1 Å². The maximum absolute atomic E-state index is 14.1. The Hall–Kier alpha value is -1.82. The number of benzene rings is 1. The van der Waals surface area contributed by atoms with Gasteiger partial charge in [0, 0.05) is 12.3 Å². The van der Waals surface area contributed by atoms with Crippen molar-refractivity contribution in [3.63, 3.8) is 0 Å². The molecule has 2 unspecified atom stereocenters. The van der Waals surface area contributed by atoms with Gasteiger partial charge in [0.15, 0.2) is 17.8 Å². The number of rotatable bonds is 3. The molecule has 110 valence electrons. The van der Waals surface area contributed by atoms with E-state index < -0.39 is 24.4 Å². The first-order chi connectivity index (χ1) is 10.1. The molecule has 2 aromatic rings. The van der Waals surface area contributed by atoms with Crippen LogP contribution >= 0.6 is 0 Å². The molecule has 1 aromatic carbocycles. The first-order valence-corrected chi connectivity index (χ1v) is 7.12. The third-order valence-corrected chi connectivity index (χ3v) is 4.29. The van der Waals surface area contributed by atoms with Gasteiger partial charge in [0.05, 0.1) is 6.04 Å². The highest BCUT2D eigenvalue weighted by atomic mass is 19.1. The molecule has 2 heterocycles. The summed E-state index contributed by atoms with van der Waals surface area (Å²) in [4.78, 5) is 4.10. The number of fused-ring (bicyclic) bond motifs is 1. The first kappa shape index (κ1) is 12.9. The summed E-state index contributed by atoms with van der Waals surface area (Å²) in [5.41, 5.74) is 0.958. The van der Waals surface area contributed by atoms with Crippen molar-refractivity contribution in [2.24, 2.45) is 5.92 Å². The van der Waals surface area contributed by atoms with Crippen LogP contribution in [0.4, 0.5) is 8.78 Å². The average Bonchev–Trinajstić information content (AvgIpc) is 2.95. The second-order valence-electron chi connectivity index (χ2n) is 5.76. The summed E-state index contributed by atoms with van der Waals surface area (Å²) in [5, 5.41) is 14.3. The molecule has 1 fully saturated rings. The van der Waals surface area contributed by atoms with Crippen molar-refractivity contribution in [1.82, 2.24) is 14.8 Å². The molecule has 5 atom stereocenters. The van der Waals surface area contributed by atoms with Gasteiger partial charge in [-0.05, 0) is 12.0 Å². The van der Waals surface area contributed by atoms with Crippen LogP contribution in [0.2, 0.25) is 0 Å². The third-order valence-electron chi connectivity index (χ3n) is 4.29. The number of hydrogen-bond acceptors (Lipinski definition) is 3. The minimum Gasteiger partial charge on any atom is -0.385 e. The molecule has 6 heteroatoms. The standard InChI is InChI=1S/C15H15F2N3O/c16-10-6-9(10)13(21)14-18-15-11(17)7-12(20(15)19-14)8-4-2-1-3-5-8/h1-5,9-13,21H,6-7H2/t9?,10-,11+,12+,13?/m1/s1. The predicted molar refractivity (Wildman–Crippen MR) is 71.0 cm³/mol. The second kappa shape index (κ2) is 4.59. The summed E-state index contributed by atoms with van der Waals surface area (Å²) < 4.78 is 28.7. The van der Waals surface area contributed by atoms with Gasteiger partial charge in [-0.25, -0.2) is 18.4 Å². The Labute approximate surface area is 120 Å². The summed E-state index contributed by atoms with van der Waals surface area (Å²) in [6, 6.07) is 9.31. The fourth-order valence-electron chi connectivity index (χ4n) is 2.97. The van der Waals surface area contributed by atoms with Crippen LogP contribution in [0, 0.1) is 5.92 Å². The van der Waals surface area contributed by atoms with Crippen molar-refractivity contribution in [3.8, 4) is 0 Å². The van der Waals surface area contributed by atoms with E-state index in [0.29, 0.717) is 12.8 Å². The van der Waals surface area contributed by atoms with E-state index in [0.717, 1.165) is 5.56 Å². The molecule has 0 saturated heterocycles. The Kier molecular flexibility index (Phi) is 2.82. The number of halogens is 2. The number of nitrogens with zero attached hydrogens (tertiary/aromatic N) is 3. The minimum absolute atomic E-state index is 0.137. The number of aliphatic hydroxyl groups is 1.